The van der Waals surface area contributed by atoms with E-state index in [9.17, 15) is 4.39 Å². The van der Waals surface area contributed by atoms with Crippen LogP contribution < -0.4 is 5.32 Å². The third-order valence-corrected chi connectivity index (χ3v) is 3.15. The van der Waals surface area contributed by atoms with E-state index >= 15 is 0 Å². The highest BCUT2D eigenvalue weighted by Crippen LogP contribution is 2.24. The van der Waals surface area contributed by atoms with Crippen molar-refractivity contribution in [2.24, 2.45) is 0 Å². The molecular weight excluding hydrogens is 269 g/mol. The zero-order valence-corrected chi connectivity index (χ0v) is 12.0. The molecule has 0 saturated carbocycles. The fraction of sp³-hybridized carbons (Fsp3) is 0.267. The molecule has 0 spiro atoms. The summed E-state index contributed by atoms with van der Waals surface area (Å²) < 4.78 is 14.8. The minimum atomic E-state index is -0.264. The summed E-state index contributed by atoms with van der Waals surface area (Å²) >= 11 is 0. The topological polar surface area (TPSA) is 55.6 Å². The maximum Gasteiger partial charge on any atom is 0.163 e. The Morgan fingerprint density at radius 2 is 1.95 bits per heavy atom. The molecular formula is C15H16FN5. The summed E-state index contributed by atoms with van der Waals surface area (Å²) in [6.07, 6.45) is 2.75. The predicted molar refractivity (Wildman–Crippen MR) is 80.0 cm³/mol. The van der Waals surface area contributed by atoms with Gasteiger partial charge in [0, 0.05) is 12.2 Å². The van der Waals surface area contributed by atoms with Crippen LogP contribution in [0.5, 0.6) is 0 Å². The van der Waals surface area contributed by atoms with Crippen LogP contribution in [0.2, 0.25) is 0 Å². The second-order valence-electron chi connectivity index (χ2n) is 4.86. The van der Waals surface area contributed by atoms with Gasteiger partial charge in [0.25, 0.3) is 0 Å². The van der Waals surface area contributed by atoms with Crippen LogP contribution >= 0.6 is 0 Å². The Morgan fingerprint density at radius 1 is 1.19 bits per heavy atom. The number of fused-ring (bicyclic) bond motifs is 1. The van der Waals surface area contributed by atoms with Crippen molar-refractivity contribution in [1.82, 2.24) is 19.7 Å². The molecule has 1 aromatic carbocycles. The van der Waals surface area contributed by atoms with Crippen molar-refractivity contribution in [2.45, 2.75) is 26.8 Å². The van der Waals surface area contributed by atoms with Gasteiger partial charge >= 0.3 is 0 Å². The number of nitrogens with zero attached hydrogens (tertiary/aromatic N) is 4. The van der Waals surface area contributed by atoms with Crippen LogP contribution in [0.4, 0.5) is 15.9 Å². The first-order valence-corrected chi connectivity index (χ1v) is 6.90. The molecule has 3 aromatic rings. The Kier molecular flexibility index (Phi) is 3.51. The van der Waals surface area contributed by atoms with Crippen LogP contribution in [0, 0.1) is 12.7 Å². The van der Waals surface area contributed by atoms with E-state index in [1.807, 2.05) is 11.6 Å². The van der Waals surface area contributed by atoms with Gasteiger partial charge in [0.05, 0.1) is 11.6 Å². The third kappa shape index (κ3) is 2.69. The molecule has 5 nitrogen and oxygen atoms in total. The minimum absolute atomic E-state index is 0.264. The molecule has 0 bridgehead atoms. The van der Waals surface area contributed by atoms with Gasteiger partial charge in [-0.2, -0.15) is 5.10 Å². The molecule has 1 N–H and O–H groups in total. The van der Waals surface area contributed by atoms with Crippen molar-refractivity contribution in [3.8, 4) is 0 Å². The van der Waals surface area contributed by atoms with Gasteiger partial charge < -0.3 is 5.32 Å². The molecule has 108 valence electrons. The number of nitrogens with one attached hydrogen (secondary N) is 1. The van der Waals surface area contributed by atoms with Crippen LogP contribution in [0.3, 0.4) is 0 Å². The fourth-order valence-electron chi connectivity index (χ4n) is 2.20. The SMILES string of the molecule is CCCn1ncc2c(Nc3ccc(F)cc3)nc(C)nc21. The van der Waals surface area contributed by atoms with E-state index in [4.69, 9.17) is 0 Å². The van der Waals surface area contributed by atoms with Crippen molar-refractivity contribution in [2.75, 3.05) is 5.32 Å². The van der Waals surface area contributed by atoms with E-state index in [-0.39, 0.29) is 5.82 Å². The number of rotatable bonds is 4. The first-order chi connectivity index (χ1) is 10.2. The summed E-state index contributed by atoms with van der Waals surface area (Å²) in [4.78, 5) is 8.88. The van der Waals surface area contributed by atoms with Gasteiger partial charge in [-0.15, -0.1) is 0 Å². The number of hydrogen-bond donors (Lipinski definition) is 1. The standard InChI is InChI=1S/C15H16FN5/c1-3-8-21-15-13(9-17-21)14(18-10(2)19-15)20-12-6-4-11(16)5-7-12/h4-7,9H,3,8H2,1-2H3,(H,18,19,20). The largest absolute Gasteiger partial charge is 0.340 e. The van der Waals surface area contributed by atoms with E-state index in [2.05, 4.69) is 27.3 Å². The Bertz CT molecular complexity index is 764. The number of aryl methyl sites for hydroxylation is 2. The van der Waals surface area contributed by atoms with Crippen LogP contribution in [-0.2, 0) is 6.54 Å². The van der Waals surface area contributed by atoms with Crippen LogP contribution in [-0.4, -0.2) is 19.7 Å². The van der Waals surface area contributed by atoms with E-state index in [1.165, 1.54) is 12.1 Å². The van der Waals surface area contributed by atoms with Gasteiger partial charge in [0.2, 0.25) is 0 Å². The Hall–Kier alpha value is -2.50. The molecule has 0 radical (unpaired) electrons. The first-order valence-electron chi connectivity index (χ1n) is 6.90. The molecule has 0 atom stereocenters. The number of aromatic nitrogens is 4. The number of halogens is 1. The molecule has 2 heterocycles. The summed E-state index contributed by atoms with van der Waals surface area (Å²) in [5.41, 5.74) is 1.59. The summed E-state index contributed by atoms with van der Waals surface area (Å²) in [5.74, 6) is 1.09. The van der Waals surface area contributed by atoms with Crippen molar-refractivity contribution in [1.29, 1.82) is 0 Å². The molecule has 0 aliphatic heterocycles. The Labute approximate surface area is 121 Å². The zero-order valence-electron chi connectivity index (χ0n) is 12.0. The maximum atomic E-state index is 13.0. The lowest BCUT2D eigenvalue weighted by Gasteiger charge is -2.08. The lowest BCUT2D eigenvalue weighted by atomic mass is 10.3. The molecule has 0 saturated heterocycles. The second kappa shape index (κ2) is 5.47. The molecule has 0 unspecified atom stereocenters. The smallest absolute Gasteiger partial charge is 0.163 e. The second-order valence-corrected chi connectivity index (χ2v) is 4.86. The number of anilines is 2. The van der Waals surface area contributed by atoms with Crippen LogP contribution in [0.25, 0.3) is 11.0 Å². The van der Waals surface area contributed by atoms with Crippen molar-refractivity contribution < 1.29 is 4.39 Å². The third-order valence-electron chi connectivity index (χ3n) is 3.15. The molecule has 0 aliphatic carbocycles. The molecule has 3 rings (SSSR count). The fourth-order valence-corrected chi connectivity index (χ4v) is 2.20. The Balaban J connectivity index is 2.03. The van der Waals surface area contributed by atoms with Crippen molar-refractivity contribution >= 4 is 22.5 Å². The van der Waals surface area contributed by atoms with Gasteiger partial charge in [-0.05, 0) is 37.6 Å². The summed E-state index contributed by atoms with van der Waals surface area (Å²) in [5, 5.41) is 8.42. The normalized spacial score (nSPS) is 11.0. The van der Waals surface area contributed by atoms with Crippen molar-refractivity contribution in [3.63, 3.8) is 0 Å². The number of benzene rings is 1. The van der Waals surface area contributed by atoms with E-state index in [0.717, 1.165) is 29.7 Å². The predicted octanol–water partition coefficient (Wildman–Crippen LogP) is 3.43. The lowest BCUT2D eigenvalue weighted by molar-refractivity contribution is 0.616. The maximum absolute atomic E-state index is 13.0. The average molecular weight is 285 g/mol. The van der Waals surface area contributed by atoms with Gasteiger partial charge in [0.15, 0.2) is 5.65 Å². The zero-order chi connectivity index (χ0) is 14.8. The van der Waals surface area contributed by atoms with Crippen LogP contribution in [0.15, 0.2) is 30.5 Å². The molecule has 6 heteroatoms. The molecule has 0 fully saturated rings. The van der Waals surface area contributed by atoms with Crippen molar-refractivity contribution in [3.05, 3.63) is 42.1 Å². The van der Waals surface area contributed by atoms with Gasteiger partial charge in [-0.1, -0.05) is 6.92 Å². The van der Waals surface area contributed by atoms with E-state index in [1.54, 1.807) is 18.3 Å². The average Bonchev–Trinajstić information content (AvgIpc) is 2.85. The summed E-state index contributed by atoms with van der Waals surface area (Å²) in [7, 11) is 0. The minimum Gasteiger partial charge on any atom is -0.340 e. The monoisotopic (exact) mass is 285 g/mol. The first kappa shape index (κ1) is 13.5. The quantitative estimate of drug-likeness (QED) is 0.798. The van der Waals surface area contributed by atoms with Gasteiger partial charge in [-0.25, -0.2) is 19.0 Å². The van der Waals surface area contributed by atoms with Gasteiger partial charge in [-0.3, -0.25) is 0 Å². The lowest BCUT2D eigenvalue weighted by Crippen LogP contribution is -2.03. The highest BCUT2D eigenvalue weighted by Gasteiger charge is 2.11. The van der Waals surface area contributed by atoms with E-state index in [0.29, 0.717) is 11.6 Å². The van der Waals surface area contributed by atoms with Gasteiger partial charge in [0.1, 0.15) is 17.5 Å². The van der Waals surface area contributed by atoms with Crippen LogP contribution in [0.1, 0.15) is 19.2 Å². The molecule has 0 aliphatic rings. The highest BCUT2D eigenvalue weighted by molar-refractivity contribution is 5.88. The van der Waals surface area contributed by atoms with E-state index < -0.39 is 0 Å². The number of hydrogen-bond acceptors (Lipinski definition) is 4. The molecule has 2 aromatic heterocycles. The molecule has 0 amide bonds. The molecule has 21 heavy (non-hydrogen) atoms. The summed E-state index contributed by atoms with van der Waals surface area (Å²) in [6.45, 7) is 4.76. The Morgan fingerprint density at radius 3 is 2.67 bits per heavy atom. The highest BCUT2D eigenvalue weighted by atomic mass is 19.1. The summed E-state index contributed by atoms with van der Waals surface area (Å²) in [6, 6.07) is 6.17.